The SMILES string of the molecule is Cc1ccccc1CN(C(=O)CN(c1ccccc1)S(=O)(=O)c1ccc(Cl)cc1)[C@@H](Cc1ccccc1)C(=O)NC(C)C. The van der Waals surface area contributed by atoms with Gasteiger partial charge in [-0.1, -0.05) is 84.4 Å². The van der Waals surface area contributed by atoms with Crippen LogP contribution in [0.1, 0.15) is 30.5 Å². The average Bonchev–Trinajstić information content (AvgIpc) is 2.99. The molecule has 0 aliphatic heterocycles. The standard InChI is InChI=1S/C34H36ClN3O4S/c1-25(2)36-34(40)32(22-27-13-6-4-7-14-27)37(23-28-15-11-10-12-26(28)3)33(39)24-38(30-16-8-5-9-17-30)43(41,42)31-20-18-29(35)19-21-31/h4-21,25,32H,22-24H2,1-3H3,(H,36,40)/t32-/m0/s1. The van der Waals surface area contributed by atoms with E-state index in [1.54, 1.807) is 30.3 Å². The summed E-state index contributed by atoms with van der Waals surface area (Å²) >= 11 is 6.03. The van der Waals surface area contributed by atoms with Gasteiger partial charge >= 0.3 is 0 Å². The highest BCUT2D eigenvalue weighted by atomic mass is 35.5. The van der Waals surface area contributed by atoms with Crippen LogP contribution in [0.3, 0.4) is 0 Å². The lowest BCUT2D eigenvalue weighted by molar-refractivity contribution is -0.140. The minimum absolute atomic E-state index is 0.00241. The van der Waals surface area contributed by atoms with Crippen molar-refractivity contribution in [3.05, 3.63) is 131 Å². The van der Waals surface area contributed by atoms with Crippen LogP contribution in [0.5, 0.6) is 0 Å². The molecule has 0 saturated carbocycles. The third-order valence-electron chi connectivity index (χ3n) is 7.03. The topological polar surface area (TPSA) is 86.8 Å². The lowest BCUT2D eigenvalue weighted by atomic mass is 10.0. The Balaban J connectivity index is 1.79. The molecule has 2 amide bonds. The molecule has 0 spiro atoms. The molecule has 0 aromatic heterocycles. The largest absolute Gasteiger partial charge is 0.352 e. The number of rotatable bonds is 12. The predicted octanol–water partition coefficient (Wildman–Crippen LogP) is 6.01. The minimum Gasteiger partial charge on any atom is -0.352 e. The van der Waals surface area contributed by atoms with Crippen molar-refractivity contribution in [2.24, 2.45) is 0 Å². The van der Waals surface area contributed by atoms with E-state index in [0.29, 0.717) is 10.7 Å². The molecule has 0 fully saturated rings. The number of hydrogen-bond acceptors (Lipinski definition) is 4. The number of carbonyl (C=O) groups is 2. The van der Waals surface area contributed by atoms with Crippen LogP contribution in [0.2, 0.25) is 5.02 Å². The van der Waals surface area contributed by atoms with Crippen LogP contribution >= 0.6 is 11.6 Å². The van der Waals surface area contributed by atoms with Gasteiger partial charge in [0, 0.05) is 24.0 Å². The van der Waals surface area contributed by atoms with Crippen LogP contribution < -0.4 is 9.62 Å². The van der Waals surface area contributed by atoms with Crippen LogP contribution in [0.15, 0.2) is 114 Å². The van der Waals surface area contributed by atoms with Gasteiger partial charge in [0.15, 0.2) is 0 Å². The number of aryl methyl sites for hydroxylation is 1. The summed E-state index contributed by atoms with van der Waals surface area (Å²) in [6, 6.07) is 30.4. The molecule has 0 saturated heterocycles. The number of sulfonamides is 1. The second kappa shape index (κ2) is 14.4. The van der Waals surface area contributed by atoms with Crippen molar-refractivity contribution in [1.29, 1.82) is 0 Å². The summed E-state index contributed by atoms with van der Waals surface area (Å²) in [5.41, 5.74) is 3.02. The van der Waals surface area contributed by atoms with Crippen LogP contribution in [-0.4, -0.2) is 43.8 Å². The molecule has 224 valence electrons. The number of amides is 2. The Morgan fingerprint density at radius 2 is 1.40 bits per heavy atom. The number of anilines is 1. The Hall–Kier alpha value is -4.14. The zero-order chi connectivity index (χ0) is 31.0. The van der Waals surface area contributed by atoms with Crippen LogP contribution in [0, 0.1) is 6.92 Å². The van der Waals surface area contributed by atoms with Crippen LogP contribution in [-0.2, 0) is 32.6 Å². The summed E-state index contributed by atoms with van der Waals surface area (Å²) in [6.45, 7) is 5.28. The fourth-order valence-electron chi connectivity index (χ4n) is 4.76. The molecule has 0 bridgehead atoms. The summed E-state index contributed by atoms with van der Waals surface area (Å²) in [5.74, 6) is -0.822. The molecule has 0 unspecified atom stereocenters. The number of nitrogens with one attached hydrogen (secondary N) is 1. The first-order valence-corrected chi connectivity index (χ1v) is 15.9. The minimum atomic E-state index is -4.18. The molecule has 0 heterocycles. The van der Waals surface area contributed by atoms with E-state index >= 15 is 0 Å². The smallest absolute Gasteiger partial charge is 0.264 e. The third-order valence-corrected chi connectivity index (χ3v) is 9.07. The van der Waals surface area contributed by atoms with Crippen molar-refractivity contribution >= 4 is 39.1 Å². The molecule has 43 heavy (non-hydrogen) atoms. The van der Waals surface area contributed by atoms with Gasteiger partial charge in [-0.2, -0.15) is 0 Å². The number of hydrogen-bond donors (Lipinski definition) is 1. The Labute approximate surface area is 259 Å². The second-order valence-electron chi connectivity index (χ2n) is 10.6. The van der Waals surface area contributed by atoms with E-state index in [1.807, 2.05) is 75.4 Å². The lowest BCUT2D eigenvalue weighted by Gasteiger charge is -2.34. The van der Waals surface area contributed by atoms with Gasteiger partial charge in [0.2, 0.25) is 11.8 Å². The summed E-state index contributed by atoms with van der Waals surface area (Å²) in [4.78, 5) is 29.6. The van der Waals surface area contributed by atoms with Gasteiger partial charge in [-0.05, 0) is 73.9 Å². The van der Waals surface area contributed by atoms with E-state index in [9.17, 15) is 18.0 Å². The third kappa shape index (κ3) is 8.24. The monoisotopic (exact) mass is 617 g/mol. The molecule has 4 aromatic rings. The summed E-state index contributed by atoms with van der Waals surface area (Å²) in [5, 5.41) is 3.36. The highest BCUT2D eigenvalue weighted by Gasteiger charge is 2.35. The van der Waals surface area contributed by atoms with E-state index in [1.165, 1.54) is 29.2 Å². The van der Waals surface area contributed by atoms with Gasteiger partial charge in [0.05, 0.1) is 10.6 Å². The van der Waals surface area contributed by atoms with Crippen molar-refractivity contribution < 1.29 is 18.0 Å². The quantitative estimate of drug-likeness (QED) is 0.211. The first-order chi connectivity index (χ1) is 20.6. The first-order valence-electron chi connectivity index (χ1n) is 14.1. The summed E-state index contributed by atoms with van der Waals surface area (Å²) in [7, 11) is -4.18. The van der Waals surface area contributed by atoms with Gasteiger partial charge in [0.25, 0.3) is 10.0 Å². The molecule has 0 aliphatic rings. The predicted molar refractivity (Wildman–Crippen MR) is 171 cm³/mol. The molecule has 7 nitrogen and oxygen atoms in total. The second-order valence-corrected chi connectivity index (χ2v) is 12.9. The number of para-hydroxylation sites is 1. The first kappa shape index (κ1) is 31.8. The average molecular weight is 618 g/mol. The maximum atomic E-state index is 14.4. The number of nitrogens with zero attached hydrogens (tertiary/aromatic N) is 2. The van der Waals surface area contributed by atoms with E-state index in [4.69, 9.17) is 11.6 Å². The van der Waals surface area contributed by atoms with E-state index in [-0.39, 0.29) is 29.8 Å². The molecular weight excluding hydrogens is 582 g/mol. The van der Waals surface area contributed by atoms with E-state index in [0.717, 1.165) is 21.0 Å². The summed E-state index contributed by atoms with van der Waals surface area (Å²) in [6.07, 6.45) is 0.256. The number of benzene rings is 4. The molecule has 1 atom stereocenters. The van der Waals surface area contributed by atoms with Gasteiger partial charge < -0.3 is 10.2 Å². The van der Waals surface area contributed by atoms with Gasteiger partial charge in [-0.25, -0.2) is 8.42 Å². The van der Waals surface area contributed by atoms with Crippen LogP contribution in [0.25, 0.3) is 0 Å². The fraction of sp³-hybridized carbons (Fsp3) is 0.235. The van der Waals surface area contributed by atoms with Crippen molar-refractivity contribution in [2.45, 2.75) is 50.7 Å². The molecular formula is C34H36ClN3O4S. The Kier molecular flexibility index (Phi) is 10.6. The zero-order valence-electron chi connectivity index (χ0n) is 24.5. The maximum Gasteiger partial charge on any atom is 0.264 e. The highest BCUT2D eigenvalue weighted by molar-refractivity contribution is 7.92. The Morgan fingerprint density at radius 3 is 2.00 bits per heavy atom. The molecule has 4 rings (SSSR count). The van der Waals surface area contributed by atoms with E-state index in [2.05, 4.69) is 5.32 Å². The Bertz CT molecular complexity index is 1630. The fourth-order valence-corrected chi connectivity index (χ4v) is 6.30. The maximum absolute atomic E-state index is 14.4. The number of halogens is 1. The summed E-state index contributed by atoms with van der Waals surface area (Å²) < 4.78 is 29.1. The highest BCUT2D eigenvalue weighted by Crippen LogP contribution is 2.26. The van der Waals surface area contributed by atoms with Crippen LogP contribution in [0.4, 0.5) is 5.69 Å². The van der Waals surface area contributed by atoms with Crippen molar-refractivity contribution in [1.82, 2.24) is 10.2 Å². The van der Waals surface area contributed by atoms with Gasteiger partial charge in [-0.3, -0.25) is 13.9 Å². The normalized spacial score (nSPS) is 12.0. The molecule has 1 N–H and O–H groups in total. The molecule has 0 aliphatic carbocycles. The lowest BCUT2D eigenvalue weighted by Crippen LogP contribution is -2.54. The van der Waals surface area contributed by atoms with E-state index < -0.39 is 28.5 Å². The Morgan fingerprint density at radius 1 is 0.814 bits per heavy atom. The van der Waals surface area contributed by atoms with Gasteiger partial charge in [-0.15, -0.1) is 0 Å². The zero-order valence-corrected chi connectivity index (χ0v) is 26.1. The van der Waals surface area contributed by atoms with Crippen molar-refractivity contribution in [3.63, 3.8) is 0 Å². The van der Waals surface area contributed by atoms with Gasteiger partial charge in [0.1, 0.15) is 12.6 Å². The van der Waals surface area contributed by atoms with Crippen molar-refractivity contribution in [3.8, 4) is 0 Å². The van der Waals surface area contributed by atoms with Crippen molar-refractivity contribution in [2.75, 3.05) is 10.8 Å². The molecule has 9 heteroatoms. The number of carbonyl (C=O) groups excluding carboxylic acids is 2. The molecule has 4 aromatic carbocycles. The molecule has 0 radical (unpaired) electrons.